The second-order valence-corrected chi connectivity index (χ2v) is 4.60. The van der Waals surface area contributed by atoms with Gasteiger partial charge < -0.3 is 20.1 Å². The lowest BCUT2D eigenvalue weighted by atomic mass is 10.1. The first-order valence-corrected chi connectivity index (χ1v) is 6.39. The van der Waals surface area contributed by atoms with Crippen LogP contribution in [0.15, 0.2) is 24.3 Å². The van der Waals surface area contributed by atoms with Crippen LogP contribution in [0.1, 0.15) is 5.56 Å². The molecular formula is C14H20N2O3. The van der Waals surface area contributed by atoms with E-state index in [1.165, 1.54) is 0 Å². The second-order valence-electron chi connectivity index (χ2n) is 4.60. The molecule has 1 saturated heterocycles. The van der Waals surface area contributed by atoms with Crippen molar-refractivity contribution in [1.82, 2.24) is 10.6 Å². The minimum absolute atomic E-state index is 0.0137. The Labute approximate surface area is 113 Å². The molecule has 1 heterocycles. The van der Waals surface area contributed by atoms with Crippen LogP contribution in [0.4, 0.5) is 0 Å². The highest BCUT2D eigenvalue weighted by molar-refractivity contribution is 5.79. The maximum atomic E-state index is 12.0. The quantitative estimate of drug-likeness (QED) is 0.805. The van der Waals surface area contributed by atoms with Crippen LogP contribution in [0, 0.1) is 0 Å². The van der Waals surface area contributed by atoms with Gasteiger partial charge in [0.2, 0.25) is 5.91 Å². The van der Waals surface area contributed by atoms with Crippen LogP contribution < -0.4 is 15.4 Å². The molecule has 2 rings (SSSR count). The van der Waals surface area contributed by atoms with Crippen molar-refractivity contribution < 1.29 is 14.3 Å². The first-order valence-electron chi connectivity index (χ1n) is 6.39. The fourth-order valence-electron chi connectivity index (χ4n) is 2.33. The minimum atomic E-state index is -0.0137. The molecule has 5 heteroatoms. The molecule has 1 unspecified atom stereocenters. The van der Waals surface area contributed by atoms with Crippen molar-refractivity contribution in [1.29, 1.82) is 0 Å². The lowest BCUT2D eigenvalue weighted by molar-refractivity contribution is -0.121. The van der Waals surface area contributed by atoms with E-state index in [2.05, 4.69) is 10.6 Å². The molecule has 0 aliphatic carbocycles. The third-order valence-corrected chi connectivity index (χ3v) is 3.35. The lowest BCUT2D eigenvalue weighted by Gasteiger charge is -2.18. The van der Waals surface area contributed by atoms with E-state index in [4.69, 9.17) is 9.47 Å². The van der Waals surface area contributed by atoms with E-state index in [1.54, 1.807) is 14.2 Å². The lowest BCUT2D eigenvalue weighted by Crippen LogP contribution is -2.44. The van der Waals surface area contributed by atoms with E-state index in [0.717, 1.165) is 24.4 Å². The van der Waals surface area contributed by atoms with Gasteiger partial charge >= 0.3 is 0 Å². The molecule has 1 aliphatic rings. The van der Waals surface area contributed by atoms with Crippen molar-refractivity contribution in [3.05, 3.63) is 29.8 Å². The number of nitrogens with one attached hydrogen (secondary N) is 2. The van der Waals surface area contributed by atoms with Crippen molar-refractivity contribution in [2.45, 2.75) is 18.6 Å². The molecule has 2 atom stereocenters. The number of benzene rings is 1. The maximum Gasteiger partial charge on any atom is 0.224 e. The summed E-state index contributed by atoms with van der Waals surface area (Å²) in [6.45, 7) is 1.52. The van der Waals surface area contributed by atoms with Crippen LogP contribution in [-0.4, -0.2) is 45.4 Å². The van der Waals surface area contributed by atoms with Gasteiger partial charge in [0.25, 0.3) is 0 Å². The summed E-state index contributed by atoms with van der Waals surface area (Å²) in [4.78, 5) is 12.0. The normalized spacial score (nSPS) is 22.2. The molecule has 1 fully saturated rings. The third-order valence-electron chi connectivity index (χ3n) is 3.35. The van der Waals surface area contributed by atoms with Crippen LogP contribution in [0.25, 0.3) is 0 Å². The molecule has 1 amide bonds. The Morgan fingerprint density at radius 3 is 2.89 bits per heavy atom. The molecule has 1 aromatic carbocycles. The molecule has 104 valence electrons. The molecule has 0 aromatic heterocycles. The summed E-state index contributed by atoms with van der Waals surface area (Å²) in [5.74, 6) is 0.728. The van der Waals surface area contributed by atoms with Crippen LogP contribution in [-0.2, 0) is 16.0 Å². The van der Waals surface area contributed by atoms with Gasteiger partial charge in [0.05, 0.1) is 25.7 Å². The molecule has 2 N–H and O–H groups in total. The molecule has 1 aliphatic heterocycles. The van der Waals surface area contributed by atoms with Crippen molar-refractivity contribution in [2.75, 3.05) is 27.3 Å². The van der Waals surface area contributed by atoms with Gasteiger partial charge in [0.1, 0.15) is 5.75 Å². The predicted octanol–water partition coefficient (Wildman–Crippen LogP) is 0.341. The molecule has 1 aromatic rings. The summed E-state index contributed by atoms with van der Waals surface area (Å²) >= 11 is 0. The molecule has 0 radical (unpaired) electrons. The highest BCUT2D eigenvalue weighted by atomic mass is 16.5. The molecule has 0 bridgehead atoms. The first kappa shape index (κ1) is 13.8. The Morgan fingerprint density at radius 2 is 2.16 bits per heavy atom. The number of rotatable bonds is 5. The largest absolute Gasteiger partial charge is 0.496 e. The predicted molar refractivity (Wildman–Crippen MR) is 72.3 cm³/mol. The zero-order chi connectivity index (χ0) is 13.7. The van der Waals surface area contributed by atoms with Crippen molar-refractivity contribution in [3.63, 3.8) is 0 Å². The summed E-state index contributed by atoms with van der Waals surface area (Å²) in [5, 5.41) is 6.20. The number of hydrogen-bond donors (Lipinski definition) is 2. The fraction of sp³-hybridized carbons (Fsp3) is 0.500. The minimum Gasteiger partial charge on any atom is -0.496 e. The number of para-hydroxylation sites is 1. The first-order chi connectivity index (χ1) is 9.24. The molecular weight excluding hydrogens is 244 g/mol. The molecule has 0 spiro atoms. The SMILES string of the molecule is COc1ccccc1CC(=O)NC1CNC[C@@H]1OC. The highest BCUT2D eigenvalue weighted by Gasteiger charge is 2.28. The fourth-order valence-corrected chi connectivity index (χ4v) is 2.33. The smallest absolute Gasteiger partial charge is 0.224 e. The van der Waals surface area contributed by atoms with Crippen LogP contribution >= 0.6 is 0 Å². The van der Waals surface area contributed by atoms with E-state index in [1.807, 2.05) is 24.3 Å². The zero-order valence-electron chi connectivity index (χ0n) is 11.3. The Hall–Kier alpha value is -1.59. The summed E-state index contributed by atoms with van der Waals surface area (Å²) in [6.07, 6.45) is 0.360. The third kappa shape index (κ3) is 3.45. The monoisotopic (exact) mass is 264 g/mol. The number of ether oxygens (including phenoxy) is 2. The van der Waals surface area contributed by atoms with Gasteiger partial charge in [0, 0.05) is 25.8 Å². The van der Waals surface area contributed by atoms with Crippen LogP contribution in [0.2, 0.25) is 0 Å². The molecule has 19 heavy (non-hydrogen) atoms. The Bertz CT molecular complexity index is 436. The summed E-state index contributed by atoms with van der Waals surface area (Å²) in [7, 11) is 3.27. The standard InChI is InChI=1S/C14H20N2O3/c1-18-12-6-4-3-5-10(12)7-14(17)16-11-8-15-9-13(11)19-2/h3-6,11,13,15H,7-9H2,1-2H3,(H,16,17)/t11?,13-/m0/s1. The van der Waals surface area contributed by atoms with Gasteiger partial charge in [0.15, 0.2) is 0 Å². The topological polar surface area (TPSA) is 59.6 Å². The molecule has 5 nitrogen and oxygen atoms in total. The van der Waals surface area contributed by atoms with E-state index in [0.29, 0.717) is 6.42 Å². The van der Waals surface area contributed by atoms with E-state index >= 15 is 0 Å². The summed E-state index contributed by atoms with van der Waals surface area (Å²) < 4.78 is 10.6. The maximum absolute atomic E-state index is 12.0. The highest BCUT2D eigenvalue weighted by Crippen LogP contribution is 2.17. The van der Waals surface area contributed by atoms with Crippen molar-refractivity contribution in [3.8, 4) is 5.75 Å². The number of methoxy groups -OCH3 is 2. The van der Waals surface area contributed by atoms with Gasteiger partial charge in [-0.25, -0.2) is 0 Å². The Kier molecular flexibility index (Phi) is 4.76. The average Bonchev–Trinajstić information content (AvgIpc) is 2.86. The van der Waals surface area contributed by atoms with Gasteiger partial charge in [-0.15, -0.1) is 0 Å². The van der Waals surface area contributed by atoms with Crippen molar-refractivity contribution in [2.24, 2.45) is 0 Å². The second kappa shape index (κ2) is 6.54. The van der Waals surface area contributed by atoms with Gasteiger partial charge in [-0.05, 0) is 6.07 Å². The van der Waals surface area contributed by atoms with Gasteiger partial charge in [-0.1, -0.05) is 18.2 Å². The average molecular weight is 264 g/mol. The number of carbonyl (C=O) groups excluding carboxylic acids is 1. The van der Waals surface area contributed by atoms with Crippen molar-refractivity contribution >= 4 is 5.91 Å². The zero-order valence-corrected chi connectivity index (χ0v) is 11.3. The van der Waals surface area contributed by atoms with Gasteiger partial charge in [-0.2, -0.15) is 0 Å². The van der Waals surface area contributed by atoms with Crippen LogP contribution in [0.3, 0.4) is 0 Å². The van der Waals surface area contributed by atoms with E-state index in [9.17, 15) is 4.79 Å². The number of hydrogen-bond acceptors (Lipinski definition) is 4. The van der Waals surface area contributed by atoms with Crippen LogP contribution in [0.5, 0.6) is 5.75 Å². The van der Waals surface area contributed by atoms with E-state index in [-0.39, 0.29) is 18.1 Å². The number of carbonyl (C=O) groups is 1. The summed E-state index contributed by atoms with van der Waals surface area (Å²) in [5.41, 5.74) is 0.891. The summed E-state index contributed by atoms with van der Waals surface area (Å²) in [6, 6.07) is 7.59. The Balaban J connectivity index is 1.94. The molecule has 0 saturated carbocycles. The van der Waals surface area contributed by atoms with E-state index < -0.39 is 0 Å². The number of amides is 1. The van der Waals surface area contributed by atoms with Gasteiger partial charge in [-0.3, -0.25) is 4.79 Å². The Morgan fingerprint density at radius 1 is 1.37 bits per heavy atom.